The molecule has 2 unspecified atom stereocenters. The van der Waals surface area contributed by atoms with Gasteiger partial charge in [-0.3, -0.25) is 0 Å². The molecule has 0 bridgehead atoms. The highest BCUT2D eigenvalue weighted by Gasteiger charge is 2.27. The molecular weight excluding hydrogens is 254 g/mol. The Balaban J connectivity index is 2.50. The molecule has 0 saturated carbocycles. The van der Waals surface area contributed by atoms with E-state index in [1.807, 2.05) is 6.92 Å². The fourth-order valence-corrected chi connectivity index (χ4v) is 3.17. The molecule has 0 radical (unpaired) electrons. The number of aryl methyl sites for hydroxylation is 2. The van der Waals surface area contributed by atoms with Gasteiger partial charge in [0, 0.05) is 18.3 Å². The summed E-state index contributed by atoms with van der Waals surface area (Å²) >= 11 is 5.23. The third-order valence-corrected chi connectivity index (χ3v) is 4.17. The second-order valence-corrected chi connectivity index (χ2v) is 6.27. The lowest BCUT2D eigenvalue weighted by Gasteiger charge is -2.39. The zero-order valence-electron chi connectivity index (χ0n) is 12.2. The molecule has 0 spiro atoms. The Labute approximate surface area is 121 Å². The average molecular weight is 277 g/mol. The first-order valence-electron chi connectivity index (χ1n) is 6.94. The van der Waals surface area contributed by atoms with Crippen LogP contribution in [0, 0.1) is 19.8 Å². The van der Waals surface area contributed by atoms with Gasteiger partial charge in [0.1, 0.15) is 10.8 Å². The third kappa shape index (κ3) is 2.89. The molecule has 1 aliphatic rings. The smallest absolute Gasteiger partial charge is 0.139 e. The van der Waals surface area contributed by atoms with Gasteiger partial charge in [0.15, 0.2) is 0 Å². The average Bonchev–Trinajstić information content (AvgIpc) is 2.30. The van der Waals surface area contributed by atoms with Crippen molar-refractivity contribution in [3.63, 3.8) is 0 Å². The predicted octanol–water partition coefficient (Wildman–Crippen LogP) is 2.96. The van der Waals surface area contributed by atoms with Gasteiger partial charge in [-0.2, -0.15) is 0 Å². The number of rotatable bonds is 2. The lowest BCUT2D eigenvalue weighted by Crippen LogP contribution is -2.42. The van der Waals surface area contributed by atoms with Crippen LogP contribution >= 0.6 is 12.2 Å². The molecule has 2 atom stereocenters. The molecule has 19 heavy (non-hydrogen) atoms. The number of piperidine rings is 1. The maximum Gasteiger partial charge on any atom is 0.139 e. The van der Waals surface area contributed by atoms with E-state index in [1.54, 1.807) is 0 Å². The predicted molar refractivity (Wildman–Crippen MR) is 84.8 cm³/mol. The largest absolute Gasteiger partial charge is 0.389 e. The summed E-state index contributed by atoms with van der Waals surface area (Å²) < 4.78 is 0. The molecule has 1 aliphatic heterocycles. The summed E-state index contributed by atoms with van der Waals surface area (Å²) in [5.41, 5.74) is 9.01. The van der Waals surface area contributed by atoms with Crippen LogP contribution in [0.5, 0.6) is 0 Å². The maximum absolute atomic E-state index is 5.92. The zero-order chi connectivity index (χ0) is 14.2. The number of nitrogens with two attached hydrogens (primary N) is 1. The minimum atomic E-state index is 0.449. The Morgan fingerprint density at radius 2 is 2.05 bits per heavy atom. The summed E-state index contributed by atoms with van der Waals surface area (Å²) in [4.78, 5) is 7.55. The van der Waals surface area contributed by atoms with Gasteiger partial charge in [0.2, 0.25) is 0 Å². The molecule has 2 heterocycles. The number of pyridine rings is 1. The number of hydrogen-bond acceptors (Lipinski definition) is 3. The molecule has 1 aromatic rings. The number of aromatic nitrogens is 1. The van der Waals surface area contributed by atoms with E-state index in [0.717, 1.165) is 29.2 Å². The Morgan fingerprint density at radius 1 is 1.37 bits per heavy atom. The monoisotopic (exact) mass is 277 g/mol. The molecule has 1 fully saturated rings. The third-order valence-electron chi connectivity index (χ3n) is 3.96. The minimum absolute atomic E-state index is 0.449. The van der Waals surface area contributed by atoms with E-state index in [-0.39, 0.29) is 0 Å². The van der Waals surface area contributed by atoms with Crippen molar-refractivity contribution < 1.29 is 0 Å². The summed E-state index contributed by atoms with van der Waals surface area (Å²) in [5.74, 6) is 1.67. The van der Waals surface area contributed by atoms with Gasteiger partial charge < -0.3 is 10.6 Å². The van der Waals surface area contributed by atoms with Gasteiger partial charge in [-0.15, -0.1) is 0 Å². The highest BCUT2D eigenvalue weighted by molar-refractivity contribution is 7.80. The van der Waals surface area contributed by atoms with E-state index in [2.05, 4.69) is 31.7 Å². The normalized spacial score (nSPS) is 23.5. The highest BCUT2D eigenvalue weighted by atomic mass is 32.1. The Hall–Kier alpha value is -1.16. The summed E-state index contributed by atoms with van der Waals surface area (Å²) in [6.45, 7) is 9.67. The van der Waals surface area contributed by atoms with Crippen LogP contribution in [-0.2, 0) is 0 Å². The van der Waals surface area contributed by atoms with Gasteiger partial charge >= 0.3 is 0 Å². The summed E-state index contributed by atoms with van der Waals surface area (Å²) in [6.07, 6.45) is 2.48. The van der Waals surface area contributed by atoms with Crippen LogP contribution in [0.25, 0.3) is 0 Å². The fourth-order valence-electron chi connectivity index (χ4n) is 2.91. The van der Waals surface area contributed by atoms with Crippen molar-refractivity contribution in [2.45, 2.75) is 46.6 Å². The molecule has 0 aliphatic carbocycles. The van der Waals surface area contributed by atoms with Crippen LogP contribution in [0.1, 0.15) is 43.5 Å². The van der Waals surface area contributed by atoms with Crippen molar-refractivity contribution >= 4 is 23.0 Å². The molecule has 0 amide bonds. The molecule has 4 heteroatoms. The highest BCUT2D eigenvalue weighted by Crippen LogP contribution is 2.30. The first kappa shape index (κ1) is 14.3. The van der Waals surface area contributed by atoms with E-state index in [1.165, 1.54) is 12.8 Å². The molecule has 1 saturated heterocycles. The molecule has 0 aromatic carbocycles. The van der Waals surface area contributed by atoms with E-state index in [4.69, 9.17) is 22.9 Å². The van der Waals surface area contributed by atoms with Gasteiger partial charge in [0.05, 0.1) is 5.56 Å². The van der Waals surface area contributed by atoms with E-state index in [0.29, 0.717) is 16.9 Å². The van der Waals surface area contributed by atoms with Crippen LogP contribution in [0.3, 0.4) is 0 Å². The fraction of sp³-hybridized carbons (Fsp3) is 0.600. The standard InChI is InChI=1S/C15H23N3S/c1-9-5-6-12(4)18(8-9)15-13(14(16)19)10(2)7-11(3)17-15/h7,9,12H,5-6,8H2,1-4H3,(H2,16,19). The Kier molecular flexibility index (Phi) is 4.09. The van der Waals surface area contributed by atoms with Gasteiger partial charge in [-0.25, -0.2) is 4.98 Å². The molecule has 3 nitrogen and oxygen atoms in total. The quantitative estimate of drug-likeness (QED) is 0.844. The number of anilines is 1. The topological polar surface area (TPSA) is 42.1 Å². The van der Waals surface area contributed by atoms with Crippen molar-refractivity contribution in [1.82, 2.24) is 4.98 Å². The summed E-state index contributed by atoms with van der Waals surface area (Å²) in [6, 6.07) is 2.55. The van der Waals surface area contributed by atoms with Crippen molar-refractivity contribution in [1.29, 1.82) is 0 Å². The molecule has 1 aromatic heterocycles. The SMILES string of the molecule is Cc1cc(C)c(C(N)=S)c(N2CC(C)CCC2C)n1. The molecular formula is C15H23N3S. The molecule has 2 rings (SSSR count). The van der Waals surface area contributed by atoms with Gasteiger partial charge in [-0.1, -0.05) is 19.1 Å². The van der Waals surface area contributed by atoms with Crippen LogP contribution < -0.4 is 10.6 Å². The zero-order valence-corrected chi connectivity index (χ0v) is 13.0. The lowest BCUT2D eigenvalue weighted by molar-refractivity contribution is 0.388. The summed E-state index contributed by atoms with van der Waals surface area (Å²) in [7, 11) is 0. The number of nitrogens with zero attached hydrogens (tertiary/aromatic N) is 2. The van der Waals surface area contributed by atoms with Crippen molar-refractivity contribution in [2.75, 3.05) is 11.4 Å². The van der Waals surface area contributed by atoms with Crippen LogP contribution in [-0.4, -0.2) is 22.6 Å². The Bertz CT molecular complexity index is 498. The first-order chi connectivity index (χ1) is 8.90. The second-order valence-electron chi connectivity index (χ2n) is 5.83. The molecule has 2 N–H and O–H groups in total. The second kappa shape index (κ2) is 5.45. The van der Waals surface area contributed by atoms with Gasteiger partial charge in [-0.05, 0) is 51.2 Å². The molecule has 104 valence electrons. The maximum atomic E-state index is 5.92. The van der Waals surface area contributed by atoms with Crippen LogP contribution in [0.4, 0.5) is 5.82 Å². The first-order valence-corrected chi connectivity index (χ1v) is 7.35. The van der Waals surface area contributed by atoms with Crippen LogP contribution in [0.2, 0.25) is 0 Å². The van der Waals surface area contributed by atoms with Crippen molar-refractivity contribution in [2.24, 2.45) is 11.7 Å². The van der Waals surface area contributed by atoms with Gasteiger partial charge in [0.25, 0.3) is 0 Å². The van der Waals surface area contributed by atoms with E-state index in [9.17, 15) is 0 Å². The Morgan fingerprint density at radius 3 is 2.68 bits per heavy atom. The minimum Gasteiger partial charge on any atom is -0.389 e. The summed E-state index contributed by atoms with van der Waals surface area (Å²) in [5, 5.41) is 0. The van der Waals surface area contributed by atoms with Crippen LogP contribution in [0.15, 0.2) is 6.07 Å². The number of hydrogen-bond donors (Lipinski definition) is 1. The number of thiocarbonyl (C=S) groups is 1. The lowest BCUT2D eigenvalue weighted by atomic mass is 9.94. The van der Waals surface area contributed by atoms with Crippen molar-refractivity contribution in [3.05, 3.63) is 22.9 Å². The van der Waals surface area contributed by atoms with E-state index < -0.39 is 0 Å². The van der Waals surface area contributed by atoms with Crippen molar-refractivity contribution in [3.8, 4) is 0 Å². The van der Waals surface area contributed by atoms with E-state index >= 15 is 0 Å².